The highest BCUT2D eigenvalue weighted by Gasteiger charge is 2.68. The Labute approximate surface area is 186 Å². The van der Waals surface area contributed by atoms with Gasteiger partial charge < -0.3 is 18.9 Å². The third-order valence-electron chi connectivity index (χ3n) is 10.2. The number of hydroxylamine groups is 1. The molecule has 6 heteroatoms. The van der Waals surface area contributed by atoms with Crippen molar-refractivity contribution < 1.29 is 23.8 Å². The molecule has 6 atom stereocenters. The summed E-state index contributed by atoms with van der Waals surface area (Å²) in [6, 6.07) is 0. The highest BCUT2D eigenvalue weighted by molar-refractivity contribution is 5.25. The van der Waals surface area contributed by atoms with Crippen LogP contribution in [0.3, 0.4) is 0 Å². The summed E-state index contributed by atoms with van der Waals surface area (Å²) in [5.74, 6) is 1.44. The number of fused-ring (bicyclic) bond motifs is 6. The van der Waals surface area contributed by atoms with Crippen molar-refractivity contribution in [2.45, 2.75) is 77.3 Å². The van der Waals surface area contributed by atoms with E-state index >= 15 is 0 Å². The molecule has 0 aromatic rings. The zero-order chi connectivity index (χ0) is 21.3. The fourth-order valence-corrected chi connectivity index (χ4v) is 8.62. The minimum Gasteiger partial charge on any atom is -0.348 e. The molecule has 3 saturated carbocycles. The van der Waals surface area contributed by atoms with E-state index in [1.807, 2.05) is 6.92 Å². The maximum Gasteiger partial charge on any atom is 0.174 e. The van der Waals surface area contributed by atoms with Crippen LogP contribution in [-0.2, 0) is 23.8 Å². The minimum atomic E-state index is -0.393. The lowest BCUT2D eigenvalue weighted by Gasteiger charge is -2.61. The predicted octanol–water partition coefficient (Wildman–Crippen LogP) is 4.16. The van der Waals surface area contributed by atoms with E-state index in [9.17, 15) is 0 Å². The quantitative estimate of drug-likeness (QED) is 0.675. The summed E-state index contributed by atoms with van der Waals surface area (Å²) < 4.78 is 25.0. The van der Waals surface area contributed by atoms with Gasteiger partial charge in [0.1, 0.15) is 0 Å². The highest BCUT2D eigenvalue weighted by atomic mass is 16.7. The van der Waals surface area contributed by atoms with Crippen LogP contribution in [0.4, 0.5) is 0 Å². The number of rotatable bonds is 3. The molecule has 174 valence electrons. The van der Waals surface area contributed by atoms with Gasteiger partial charge in [-0.1, -0.05) is 19.9 Å². The lowest BCUT2D eigenvalue weighted by Crippen LogP contribution is -2.58. The van der Waals surface area contributed by atoms with E-state index < -0.39 is 5.79 Å². The van der Waals surface area contributed by atoms with Crippen LogP contribution in [0.5, 0.6) is 0 Å². The molecule has 4 aliphatic carbocycles. The van der Waals surface area contributed by atoms with Gasteiger partial charge in [-0.05, 0) is 55.8 Å². The molecule has 0 radical (unpaired) electrons. The van der Waals surface area contributed by atoms with Gasteiger partial charge in [0.25, 0.3) is 0 Å². The largest absolute Gasteiger partial charge is 0.348 e. The third-order valence-corrected chi connectivity index (χ3v) is 10.2. The van der Waals surface area contributed by atoms with E-state index in [0.29, 0.717) is 30.3 Å². The molecule has 2 heterocycles. The van der Waals surface area contributed by atoms with Gasteiger partial charge in [0, 0.05) is 36.3 Å². The van der Waals surface area contributed by atoms with E-state index in [0.717, 1.165) is 52.1 Å². The van der Waals surface area contributed by atoms with Crippen LogP contribution in [0.25, 0.3) is 0 Å². The van der Waals surface area contributed by atoms with Crippen molar-refractivity contribution in [1.82, 2.24) is 5.48 Å². The van der Waals surface area contributed by atoms with Crippen LogP contribution in [0.2, 0.25) is 0 Å². The maximum atomic E-state index is 6.32. The van der Waals surface area contributed by atoms with Crippen molar-refractivity contribution in [3.8, 4) is 0 Å². The summed E-state index contributed by atoms with van der Waals surface area (Å²) in [4.78, 5) is 5.78. The van der Waals surface area contributed by atoms with Crippen LogP contribution in [0.1, 0.15) is 65.7 Å². The molecule has 0 bridgehead atoms. The average Bonchev–Trinajstić information content (AvgIpc) is 3.49. The second-order valence-corrected chi connectivity index (χ2v) is 11.3. The molecule has 6 aliphatic rings. The molecule has 1 unspecified atom stereocenters. The second kappa shape index (κ2) is 7.17. The smallest absolute Gasteiger partial charge is 0.174 e. The number of ether oxygens (including phenoxy) is 4. The van der Waals surface area contributed by atoms with Gasteiger partial charge in [-0.3, -0.25) is 10.3 Å². The monoisotopic (exact) mass is 433 g/mol. The number of nitrogens with one attached hydrogen (secondary N) is 1. The first-order valence-electron chi connectivity index (χ1n) is 12.6. The molecular weight excluding hydrogens is 394 g/mol. The van der Waals surface area contributed by atoms with Crippen LogP contribution < -0.4 is 5.48 Å². The highest BCUT2D eigenvalue weighted by Crippen LogP contribution is 2.69. The van der Waals surface area contributed by atoms with Crippen LogP contribution >= 0.6 is 0 Å². The van der Waals surface area contributed by atoms with E-state index in [1.165, 1.54) is 25.0 Å². The van der Waals surface area contributed by atoms with Crippen molar-refractivity contribution in [2.75, 3.05) is 33.0 Å². The molecule has 2 saturated heterocycles. The Morgan fingerprint density at radius 2 is 1.65 bits per heavy atom. The summed E-state index contributed by atoms with van der Waals surface area (Å²) in [5, 5.41) is 0. The first-order valence-corrected chi connectivity index (χ1v) is 12.6. The summed E-state index contributed by atoms with van der Waals surface area (Å²) in [6.45, 7) is 10.6. The SMILES string of the molecule is CCONC1=C[C@@H]2[C@H](CC[C@@]3(C)[C@H]2CCC32OCCO2)[C@@]2(C)CCC3(CC12)OCCO3. The molecule has 2 spiro atoms. The topological polar surface area (TPSA) is 58.2 Å². The number of hydrogen-bond acceptors (Lipinski definition) is 6. The van der Waals surface area contributed by atoms with Gasteiger partial charge >= 0.3 is 0 Å². The third kappa shape index (κ3) is 2.81. The zero-order valence-electron chi connectivity index (χ0n) is 19.4. The summed E-state index contributed by atoms with van der Waals surface area (Å²) in [7, 11) is 0. The van der Waals surface area contributed by atoms with Crippen molar-refractivity contribution in [3.05, 3.63) is 11.8 Å². The molecule has 31 heavy (non-hydrogen) atoms. The molecule has 6 nitrogen and oxygen atoms in total. The van der Waals surface area contributed by atoms with Gasteiger partial charge in [-0.15, -0.1) is 0 Å². The van der Waals surface area contributed by atoms with Gasteiger partial charge in [0.05, 0.1) is 33.0 Å². The average molecular weight is 434 g/mol. The van der Waals surface area contributed by atoms with Gasteiger partial charge in [0.2, 0.25) is 0 Å². The van der Waals surface area contributed by atoms with E-state index in [2.05, 4.69) is 25.4 Å². The fourth-order valence-electron chi connectivity index (χ4n) is 8.62. The molecule has 2 aliphatic heterocycles. The number of hydrogen-bond donors (Lipinski definition) is 1. The van der Waals surface area contributed by atoms with Crippen LogP contribution in [0, 0.1) is 34.5 Å². The molecule has 0 amide bonds. The summed E-state index contributed by atoms with van der Waals surface area (Å²) in [6.07, 6.45) is 10.3. The van der Waals surface area contributed by atoms with E-state index in [1.54, 1.807) is 0 Å². The Bertz CT molecular complexity index is 742. The summed E-state index contributed by atoms with van der Waals surface area (Å²) >= 11 is 0. The first kappa shape index (κ1) is 20.9. The molecule has 5 fully saturated rings. The molecule has 0 aromatic heterocycles. The minimum absolute atomic E-state index is 0.0919. The molecule has 1 N–H and O–H groups in total. The Balaban J connectivity index is 1.37. The van der Waals surface area contributed by atoms with Crippen LogP contribution in [0.15, 0.2) is 11.8 Å². The fraction of sp³-hybridized carbons (Fsp3) is 0.920. The lowest BCUT2D eigenvalue weighted by atomic mass is 9.46. The van der Waals surface area contributed by atoms with Gasteiger partial charge in [-0.2, -0.15) is 0 Å². The second-order valence-electron chi connectivity index (χ2n) is 11.3. The van der Waals surface area contributed by atoms with Crippen molar-refractivity contribution in [3.63, 3.8) is 0 Å². The van der Waals surface area contributed by atoms with Gasteiger partial charge in [0.15, 0.2) is 11.6 Å². The van der Waals surface area contributed by atoms with Crippen molar-refractivity contribution >= 4 is 0 Å². The Morgan fingerprint density at radius 3 is 2.39 bits per heavy atom. The number of allylic oxidation sites excluding steroid dienone is 2. The normalized spacial score (nSPS) is 47.1. The Morgan fingerprint density at radius 1 is 0.935 bits per heavy atom. The zero-order valence-corrected chi connectivity index (χ0v) is 19.4. The van der Waals surface area contributed by atoms with E-state index in [4.69, 9.17) is 23.8 Å². The first-order chi connectivity index (χ1) is 15.0. The van der Waals surface area contributed by atoms with Crippen LogP contribution in [-0.4, -0.2) is 44.6 Å². The van der Waals surface area contributed by atoms with Gasteiger partial charge in [-0.25, -0.2) is 0 Å². The van der Waals surface area contributed by atoms with Crippen molar-refractivity contribution in [1.29, 1.82) is 0 Å². The predicted molar refractivity (Wildman–Crippen MR) is 115 cm³/mol. The molecule has 0 aromatic carbocycles. The molecular formula is C25H39NO5. The maximum absolute atomic E-state index is 6.32. The molecule has 6 rings (SSSR count). The Hall–Kier alpha value is -0.660. The summed E-state index contributed by atoms with van der Waals surface area (Å²) in [5.41, 5.74) is 4.95. The van der Waals surface area contributed by atoms with E-state index in [-0.39, 0.29) is 16.6 Å². The van der Waals surface area contributed by atoms with Crippen molar-refractivity contribution in [2.24, 2.45) is 34.5 Å². The lowest BCUT2D eigenvalue weighted by molar-refractivity contribution is -0.248. The standard InChI is InChI=1S/C25H39NO5/c1-4-31-26-21-15-17-18(22(2)9-10-24(16-20(21)22)27-11-12-28-24)5-7-23(3)19(17)6-8-25(23)29-13-14-30-25/h15,17-20,26H,4-14,16H2,1-3H3/t17-,18+,19+,20?,22-,23+/m1/s1. The Kier molecular flexibility index (Phi) is 4.83.